The van der Waals surface area contributed by atoms with Gasteiger partial charge in [-0.1, -0.05) is 24.4 Å². The van der Waals surface area contributed by atoms with Crippen LogP contribution in [0.25, 0.3) is 0 Å². The minimum Gasteiger partial charge on any atom is -0.495 e. The summed E-state index contributed by atoms with van der Waals surface area (Å²) in [6, 6.07) is 5.02. The third kappa shape index (κ3) is 3.82. The molecule has 0 unspecified atom stereocenters. The van der Waals surface area contributed by atoms with E-state index < -0.39 is 6.04 Å². The third-order valence-electron chi connectivity index (χ3n) is 4.65. The van der Waals surface area contributed by atoms with Crippen LogP contribution in [0, 0.1) is 0 Å². The Balaban J connectivity index is 1.58. The molecular weight excluding hydrogens is 330 g/mol. The van der Waals surface area contributed by atoms with E-state index in [1.807, 2.05) is 0 Å². The van der Waals surface area contributed by atoms with Gasteiger partial charge in [0, 0.05) is 17.8 Å². The van der Waals surface area contributed by atoms with Crippen molar-refractivity contribution in [2.45, 2.75) is 50.2 Å². The Bertz CT molecular complexity index is 638. The number of halogens is 1. The summed E-state index contributed by atoms with van der Waals surface area (Å²) in [5.74, 6) is 0.227. The van der Waals surface area contributed by atoms with Crippen molar-refractivity contribution in [1.82, 2.24) is 10.6 Å². The Labute approximate surface area is 146 Å². The van der Waals surface area contributed by atoms with Crippen LogP contribution in [0.1, 0.15) is 32.1 Å². The van der Waals surface area contributed by atoms with Gasteiger partial charge in [0.1, 0.15) is 5.75 Å². The van der Waals surface area contributed by atoms with E-state index in [0.29, 0.717) is 16.5 Å². The van der Waals surface area contributed by atoms with E-state index in [-0.39, 0.29) is 30.3 Å². The number of hydrogen-bond acceptors (Lipinski definition) is 4. The van der Waals surface area contributed by atoms with Gasteiger partial charge >= 0.3 is 0 Å². The number of rotatable bonds is 4. The van der Waals surface area contributed by atoms with Crippen LogP contribution in [-0.2, 0) is 9.59 Å². The van der Waals surface area contributed by atoms with Crippen molar-refractivity contribution in [2.24, 2.45) is 0 Å². The molecule has 0 radical (unpaired) electrons. The normalized spacial score (nSPS) is 26.2. The predicted molar refractivity (Wildman–Crippen MR) is 92.4 cm³/mol. The molecule has 1 saturated heterocycles. The fourth-order valence-corrected chi connectivity index (χ4v) is 3.67. The monoisotopic (exact) mass is 351 g/mol. The van der Waals surface area contributed by atoms with Crippen LogP contribution < -0.4 is 20.7 Å². The molecule has 1 aliphatic carbocycles. The quantitative estimate of drug-likeness (QED) is 0.776. The van der Waals surface area contributed by atoms with Gasteiger partial charge in [0.2, 0.25) is 11.8 Å². The Kier molecular flexibility index (Phi) is 5.26. The summed E-state index contributed by atoms with van der Waals surface area (Å²) >= 11 is 6.05. The van der Waals surface area contributed by atoms with E-state index in [9.17, 15) is 9.59 Å². The maximum absolute atomic E-state index is 12.2. The van der Waals surface area contributed by atoms with E-state index in [1.54, 1.807) is 18.2 Å². The number of benzene rings is 1. The molecule has 1 saturated carbocycles. The minimum atomic E-state index is -0.488. The van der Waals surface area contributed by atoms with Gasteiger partial charge < -0.3 is 20.7 Å². The van der Waals surface area contributed by atoms with Gasteiger partial charge in [0.25, 0.3) is 0 Å². The maximum atomic E-state index is 12.2. The largest absolute Gasteiger partial charge is 0.495 e. The maximum Gasteiger partial charge on any atom is 0.237 e. The number of carbonyl (C=O) groups excluding carboxylic acids is 2. The number of methoxy groups -OCH3 is 1. The lowest BCUT2D eigenvalue weighted by Gasteiger charge is -2.40. The van der Waals surface area contributed by atoms with Crippen LogP contribution in [0.3, 0.4) is 0 Å². The topological polar surface area (TPSA) is 79.5 Å². The minimum absolute atomic E-state index is 0.0959. The van der Waals surface area contributed by atoms with E-state index in [4.69, 9.17) is 16.3 Å². The van der Waals surface area contributed by atoms with Crippen molar-refractivity contribution in [1.29, 1.82) is 0 Å². The van der Waals surface area contributed by atoms with Crippen LogP contribution in [-0.4, -0.2) is 37.0 Å². The van der Waals surface area contributed by atoms with E-state index >= 15 is 0 Å². The second-order valence-corrected chi connectivity index (χ2v) is 6.73. The summed E-state index contributed by atoms with van der Waals surface area (Å²) in [6.07, 6.45) is 4.45. The van der Waals surface area contributed by atoms with Crippen molar-refractivity contribution >= 4 is 29.1 Å². The highest BCUT2D eigenvalue weighted by Gasteiger charge is 2.36. The third-order valence-corrected chi connectivity index (χ3v) is 4.95. The zero-order valence-electron chi connectivity index (χ0n) is 13.6. The first-order valence-corrected chi connectivity index (χ1v) is 8.64. The summed E-state index contributed by atoms with van der Waals surface area (Å²) in [5.41, 5.74) is 0.581. The van der Waals surface area contributed by atoms with E-state index in [2.05, 4.69) is 16.0 Å². The van der Waals surface area contributed by atoms with Crippen LogP contribution >= 0.6 is 11.6 Å². The summed E-state index contributed by atoms with van der Waals surface area (Å²) < 4.78 is 5.08. The molecule has 24 heavy (non-hydrogen) atoms. The Hall–Kier alpha value is -1.79. The molecule has 1 heterocycles. The Morgan fingerprint density at radius 1 is 1.33 bits per heavy atom. The Morgan fingerprint density at radius 2 is 2.08 bits per heavy atom. The molecular formula is C17H22ClN3O3. The molecule has 3 atom stereocenters. The molecule has 1 aromatic rings. The van der Waals surface area contributed by atoms with Gasteiger partial charge in [-0.25, -0.2) is 0 Å². The number of anilines is 1. The second kappa shape index (κ2) is 7.40. The predicted octanol–water partition coefficient (Wildman–Crippen LogP) is 2.08. The average Bonchev–Trinajstić information content (AvgIpc) is 2.55. The molecule has 6 nitrogen and oxygen atoms in total. The number of amides is 2. The summed E-state index contributed by atoms with van der Waals surface area (Å²) in [7, 11) is 1.53. The molecule has 2 fully saturated rings. The van der Waals surface area contributed by atoms with Crippen molar-refractivity contribution in [3.05, 3.63) is 23.2 Å². The highest BCUT2D eigenvalue weighted by atomic mass is 35.5. The molecule has 0 bridgehead atoms. The van der Waals surface area contributed by atoms with Crippen LogP contribution in [0.2, 0.25) is 5.02 Å². The summed E-state index contributed by atoms with van der Waals surface area (Å²) in [6.45, 7) is 0. The number of fused-ring (bicyclic) bond motifs is 1. The molecule has 2 aliphatic rings. The number of hydrogen-bond donors (Lipinski definition) is 3. The molecule has 1 aliphatic heterocycles. The molecule has 3 rings (SSSR count). The van der Waals surface area contributed by atoms with Crippen molar-refractivity contribution in [3.8, 4) is 5.75 Å². The first-order chi connectivity index (χ1) is 11.6. The average molecular weight is 352 g/mol. The number of ether oxygens (including phenoxy) is 1. The fourth-order valence-electron chi connectivity index (χ4n) is 3.41. The molecule has 0 spiro atoms. The van der Waals surface area contributed by atoms with Crippen molar-refractivity contribution < 1.29 is 14.3 Å². The van der Waals surface area contributed by atoms with Gasteiger partial charge in [0.05, 0.1) is 24.6 Å². The van der Waals surface area contributed by atoms with Gasteiger partial charge in [-0.05, 0) is 31.0 Å². The highest BCUT2D eigenvalue weighted by Crippen LogP contribution is 2.27. The molecule has 130 valence electrons. The highest BCUT2D eigenvalue weighted by molar-refractivity contribution is 6.32. The lowest BCUT2D eigenvalue weighted by atomic mass is 9.87. The van der Waals surface area contributed by atoms with Crippen LogP contribution in [0.4, 0.5) is 5.69 Å². The number of piperazine rings is 1. The zero-order valence-corrected chi connectivity index (χ0v) is 14.4. The lowest BCUT2D eigenvalue weighted by Crippen LogP contribution is -2.65. The van der Waals surface area contributed by atoms with Gasteiger partial charge in [-0.15, -0.1) is 0 Å². The summed E-state index contributed by atoms with van der Waals surface area (Å²) in [4.78, 5) is 24.4. The number of nitrogens with one attached hydrogen (secondary N) is 3. The van der Waals surface area contributed by atoms with Crippen LogP contribution in [0.5, 0.6) is 5.75 Å². The Morgan fingerprint density at radius 3 is 2.79 bits per heavy atom. The zero-order chi connectivity index (χ0) is 17.1. The smallest absolute Gasteiger partial charge is 0.237 e. The fraction of sp³-hybridized carbons (Fsp3) is 0.529. The molecule has 3 N–H and O–H groups in total. The van der Waals surface area contributed by atoms with Crippen molar-refractivity contribution in [2.75, 3.05) is 12.4 Å². The van der Waals surface area contributed by atoms with Gasteiger partial charge in [0.15, 0.2) is 0 Å². The first kappa shape index (κ1) is 17.0. The molecule has 1 aromatic carbocycles. The summed E-state index contributed by atoms with van der Waals surface area (Å²) in [5, 5.41) is 9.58. The standard InChI is InChI=1S/C17H22ClN3O3/c1-24-15-7-6-10(8-11(15)18)19-16(22)9-14-17(23)21-13-5-3-2-4-12(13)20-14/h6-8,12-14,20H,2-5,9H2,1H3,(H,19,22)(H,21,23)/t12-,13+,14-/m1/s1. The molecule has 0 aromatic heterocycles. The van der Waals surface area contributed by atoms with Crippen molar-refractivity contribution in [3.63, 3.8) is 0 Å². The first-order valence-electron chi connectivity index (χ1n) is 8.26. The SMILES string of the molecule is COc1ccc(NC(=O)C[C@H]2N[C@@H]3CCCC[C@@H]3NC2=O)cc1Cl. The van der Waals surface area contributed by atoms with E-state index in [1.165, 1.54) is 7.11 Å². The van der Waals surface area contributed by atoms with Gasteiger partial charge in [-0.2, -0.15) is 0 Å². The molecule has 2 amide bonds. The van der Waals surface area contributed by atoms with Crippen LogP contribution in [0.15, 0.2) is 18.2 Å². The van der Waals surface area contributed by atoms with Gasteiger partial charge in [-0.3, -0.25) is 9.59 Å². The second-order valence-electron chi connectivity index (χ2n) is 6.33. The van der Waals surface area contributed by atoms with E-state index in [0.717, 1.165) is 25.7 Å². The number of carbonyl (C=O) groups is 2. The lowest BCUT2D eigenvalue weighted by molar-refractivity contribution is -0.129. The molecule has 7 heteroatoms.